The van der Waals surface area contributed by atoms with Gasteiger partial charge in [-0.15, -0.1) is 6.58 Å². The fourth-order valence-electron chi connectivity index (χ4n) is 1.37. The van der Waals surface area contributed by atoms with Crippen molar-refractivity contribution in [3.05, 3.63) is 24.3 Å². The smallest absolute Gasteiger partial charge is 0.0228 e. The van der Waals surface area contributed by atoms with Crippen LogP contribution in [0.2, 0.25) is 0 Å². The average Bonchev–Trinajstić information content (AvgIpc) is 2.00. The Kier molecular flexibility index (Phi) is 4.96. The van der Waals surface area contributed by atoms with E-state index in [0.717, 1.165) is 0 Å². The van der Waals surface area contributed by atoms with Crippen molar-refractivity contribution in [3.63, 3.8) is 0 Å². The molecule has 0 aromatic rings. The molecule has 0 spiro atoms. The van der Waals surface area contributed by atoms with Crippen LogP contribution in [0, 0.1) is 17.8 Å². The predicted molar refractivity (Wildman–Crippen MR) is 57.1 cm³/mol. The monoisotopic (exact) mass is 166 g/mol. The summed E-state index contributed by atoms with van der Waals surface area (Å²) in [6, 6.07) is 0. The molecule has 0 nitrogen and oxygen atoms in total. The van der Waals surface area contributed by atoms with Gasteiger partial charge < -0.3 is 0 Å². The zero-order valence-corrected chi connectivity index (χ0v) is 9.09. The maximum atomic E-state index is 3.82. The molecule has 0 aliphatic heterocycles. The van der Waals surface area contributed by atoms with Gasteiger partial charge in [-0.25, -0.2) is 0 Å². The van der Waals surface area contributed by atoms with Gasteiger partial charge in [-0.2, -0.15) is 0 Å². The van der Waals surface area contributed by atoms with Crippen molar-refractivity contribution >= 4 is 0 Å². The average molecular weight is 166 g/mol. The molecule has 0 saturated carbocycles. The summed E-state index contributed by atoms with van der Waals surface area (Å²) in [5.41, 5.74) is 1.41. The second-order valence-electron chi connectivity index (χ2n) is 4.06. The lowest BCUT2D eigenvalue weighted by Gasteiger charge is -2.21. The Morgan fingerprint density at radius 2 is 1.58 bits per heavy atom. The first-order valence-electron chi connectivity index (χ1n) is 4.76. The van der Waals surface area contributed by atoms with E-state index in [4.69, 9.17) is 0 Å². The molecular formula is C12H22. The molecule has 0 aliphatic carbocycles. The zero-order chi connectivity index (χ0) is 9.72. The molecule has 0 saturated heterocycles. The molecule has 0 bridgehead atoms. The van der Waals surface area contributed by atoms with Gasteiger partial charge in [0.2, 0.25) is 0 Å². The normalized spacial score (nSPS) is 17.8. The second kappa shape index (κ2) is 5.18. The minimum atomic E-state index is 0.607. The van der Waals surface area contributed by atoms with Crippen molar-refractivity contribution in [2.45, 2.75) is 34.6 Å². The van der Waals surface area contributed by atoms with E-state index in [-0.39, 0.29) is 0 Å². The molecule has 3 atom stereocenters. The highest BCUT2D eigenvalue weighted by Gasteiger charge is 2.14. The Labute approximate surface area is 77.4 Å². The lowest BCUT2D eigenvalue weighted by molar-refractivity contribution is 0.371. The summed E-state index contributed by atoms with van der Waals surface area (Å²) in [7, 11) is 0. The van der Waals surface area contributed by atoms with E-state index < -0.39 is 0 Å². The molecule has 0 aromatic heterocycles. The summed E-state index contributed by atoms with van der Waals surface area (Å²) >= 11 is 0. The van der Waals surface area contributed by atoms with E-state index in [1.54, 1.807) is 0 Å². The highest BCUT2D eigenvalue weighted by molar-refractivity contribution is 4.99. The van der Waals surface area contributed by atoms with E-state index in [0.29, 0.717) is 17.8 Å². The highest BCUT2D eigenvalue weighted by Crippen LogP contribution is 2.23. The van der Waals surface area contributed by atoms with Crippen LogP contribution in [0.4, 0.5) is 0 Å². The topological polar surface area (TPSA) is 0 Å². The number of hydrogen-bond donors (Lipinski definition) is 0. The Morgan fingerprint density at radius 1 is 1.08 bits per heavy atom. The molecule has 0 rings (SSSR count). The third-order valence-electron chi connectivity index (χ3n) is 2.63. The van der Waals surface area contributed by atoms with E-state index >= 15 is 0 Å². The van der Waals surface area contributed by atoms with E-state index in [9.17, 15) is 0 Å². The predicted octanol–water partition coefficient (Wildman–Crippen LogP) is 4.05. The summed E-state index contributed by atoms with van der Waals surface area (Å²) in [4.78, 5) is 0. The molecule has 3 unspecified atom stereocenters. The number of allylic oxidation sites excluding steroid dienone is 3. The first-order valence-corrected chi connectivity index (χ1v) is 4.76. The van der Waals surface area contributed by atoms with Crippen LogP contribution in [-0.2, 0) is 0 Å². The van der Waals surface area contributed by atoms with Crippen LogP contribution < -0.4 is 0 Å². The maximum Gasteiger partial charge on any atom is -0.0228 e. The van der Waals surface area contributed by atoms with Gasteiger partial charge in [0, 0.05) is 0 Å². The Balaban J connectivity index is 4.18. The SMILES string of the molecule is C=CC(C)C(C)C(C)C=C(C)C. The van der Waals surface area contributed by atoms with Crippen LogP contribution in [0.25, 0.3) is 0 Å². The first kappa shape index (κ1) is 11.5. The van der Waals surface area contributed by atoms with Gasteiger partial charge in [0.25, 0.3) is 0 Å². The Bertz CT molecular complexity index is 161. The third-order valence-corrected chi connectivity index (χ3v) is 2.63. The van der Waals surface area contributed by atoms with Gasteiger partial charge in [0.05, 0.1) is 0 Å². The summed E-state index contributed by atoms with van der Waals surface area (Å²) in [5, 5.41) is 0. The van der Waals surface area contributed by atoms with Crippen molar-refractivity contribution in [1.29, 1.82) is 0 Å². The van der Waals surface area contributed by atoms with Gasteiger partial charge >= 0.3 is 0 Å². The van der Waals surface area contributed by atoms with Gasteiger partial charge in [-0.1, -0.05) is 38.5 Å². The molecule has 0 heteroatoms. The molecule has 0 amide bonds. The van der Waals surface area contributed by atoms with Gasteiger partial charge in [0.15, 0.2) is 0 Å². The number of hydrogen-bond acceptors (Lipinski definition) is 0. The highest BCUT2D eigenvalue weighted by atomic mass is 14.2. The second-order valence-corrected chi connectivity index (χ2v) is 4.06. The van der Waals surface area contributed by atoms with Crippen molar-refractivity contribution in [2.75, 3.05) is 0 Å². The summed E-state index contributed by atoms with van der Waals surface area (Å²) in [5.74, 6) is 1.95. The Morgan fingerprint density at radius 3 is 1.92 bits per heavy atom. The van der Waals surface area contributed by atoms with Crippen LogP contribution in [0.3, 0.4) is 0 Å². The summed E-state index contributed by atoms with van der Waals surface area (Å²) < 4.78 is 0. The maximum absolute atomic E-state index is 3.82. The molecule has 0 N–H and O–H groups in total. The molecule has 0 aliphatic rings. The van der Waals surface area contributed by atoms with E-state index in [1.807, 2.05) is 6.08 Å². The molecule has 0 aromatic carbocycles. The van der Waals surface area contributed by atoms with E-state index in [1.165, 1.54) is 5.57 Å². The molecular weight excluding hydrogens is 144 g/mol. The quantitative estimate of drug-likeness (QED) is 0.553. The van der Waals surface area contributed by atoms with Crippen LogP contribution in [0.1, 0.15) is 34.6 Å². The summed E-state index contributed by atoms with van der Waals surface area (Å²) in [6.45, 7) is 14.9. The lowest BCUT2D eigenvalue weighted by atomic mass is 9.84. The van der Waals surface area contributed by atoms with Crippen molar-refractivity contribution < 1.29 is 0 Å². The van der Waals surface area contributed by atoms with Gasteiger partial charge in [-0.05, 0) is 31.6 Å². The zero-order valence-electron chi connectivity index (χ0n) is 9.09. The van der Waals surface area contributed by atoms with Crippen LogP contribution in [0.15, 0.2) is 24.3 Å². The van der Waals surface area contributed by atoms with Crippen molar-refractivity contribution in [2.24, 2.45) is 17.8 Å². The fourth-order valence-corrected chi connectivity index (χ4v) is 1.37. The van der Waals surface area contributed by atoms with Crippen molar-refractivity contribution in [3.8, 4) is 0 Å². The fraction of sp³-hybridized carbons (Fsp3) is 0.667. The lowest BCUT2D eigenvalue weighted by Crippen LogP contribution is -2.13. The third kappa shape index (κ3) is 3.75. The summed E-state index contributed by atoms with van der Waals surface area (Å²) in [6.07, 6.45) is 4.38. The van der Waals surface area contributed by atoms with Gasteiger partial charge in [-0.3, -0.25) is 0 Å². The minimum Gasteiger partial charge on any atom is -0.103 e. The molecule has 12 heavy (non-hydrogen) atoms. The van der Waals surface area contributed by atoms with Crippen LogP contribution >= 0.6 is 0 Å². The van der Waals surface area contributed by atoms with Gasteiger partial charge in [0.1, 0.15) is 0 Å². The minimum absolute atomic E-state index is 0.607. The van der Waals surface area contributed by atoms with E-state index in [2.05, 4.69) is 47.3 Å². The van der Waals surface area contributed by atoms with Crippen LogP contribution in [0.5, 0.6) is 0 Å². The molecule has 0 radical (unpaired) electrons. The molecule has 70 valence electrons. The Hall–Kier alpha value is -0.520. The standard InChI is InChI=1S/C12H22/c1-7-10(4)12(6)11(5)8-9(2)3/h7-8,10-12H,1H2,2-6H3. The molecule has 0 heterocycles. The number of rotatable bonds is 4. The van der Waals surface area contributed by atoms with Crippen LogP contribution in [-0.4, -0.2) is 0 Å². The first-order chi connectivity index (χ1) is 5.49. The van der Waals surface area contributed by atoms with Crippen molar-refractivity contribution in [1.82, 2.24) is 0 Å². The largest absolute Gasteiger partial charge is 0.103 e. The molecule has 0 fully saturated rings.